The summed E-state index contributed by atoms with van der Waals surface area (Å²) in [7, 11) is 0. The average molecular weight is 1280 g/mol. The van der Waals surface area contributed by atoms with Crippen molar-refractivity contribution in [3.63, 3.8) is 0 Å². The molecule has 0 spiro atoms. The molecule has 0 aromatic heterocycles. The highest BCUT2D eigenvalue weighted by molar-refractivity contribution is 5.81. The number of hydrogen-bond acceptors (Lipinski definition) is 0. The van der Waals surface area contributed by atoms with Gasteiger partial charge in [-0.25, -0.2) is 0 Å². The van der Waals surface area contributed by atoms with Gasteiger partial charge in [0.2, 0.25) is 0 Å². The molecule has 0 N–H and O–H groups in total. The van der Waals surface area contributed by atoms with Gasteiger partial charge in [-0.15, -0.1) is 0 Å². The van der Waals surface area contributed by atoms with E-state index in [1.165, 1.54) is 172 Å². The molecule has 16 rings (SSSR count). The first kappa shape index (κ1) is 73.7. The summed E-state index contributed by atoms with van der Waals surface area (Å²) < 4.78 is 0. The van der Waals surface area contributed by atoms with Crippen molar-refractivity contribution in [2.75, 3.05) is 0 Å². The highest BCUT2D eigenvalue weighted by Crippen LogP contribution is 2.41. The molecule has 0 fully saturated rings. The SMILES string of the molecule is Cc1ccc(-c2ccc(C)cc2)cc1.Cc1ccc(C)c2c1Cc1ccccc1-2.Cc1ccc(C)cc1.Cc1ccc(C)cc1.Cc1ccc2c(c1)-c1cccc(C)c1C2.Cc1ccc2c(c1)Cc1cc(C)ccc1-2.Cc1cccc(C)c1.Cc1ccccc1.Cc1ccccc1C. The van der Waals surface area contributed by atoms with Gasteiger partial charge in [-0.2, -0.15) is 0 Å². The Balaban J connectivity index is 0.000000143. The predicted molar refractivity (Wildman–Crippen MR) is 429 cm³/mol. The third-order valence-corrected chi connectivity index (χ3v) is 18.3. The molecule has 0 bridgehead atoms. The van der Waals surface area contributed by atoms with Gasteiger partial charge in [0.25, 0.3) is 0 Å². The van der Waals surface area contributed by atoms with Crippen LogP contribution in [-0.4, -0.2) is 0 Å². The van der Waals surface area contributed by atoms with Gasteiger partial charge in [0, 0.05) is 0 Å². The minimum absolute atomic E-state index is 1.11. The van der Waals surface area contributed by atoms with Crippen molar-refractivity contribution < 1.29 is 0 Å². The highest BCUT2D eigenvalue weighted by atomic mass is 14.3. The van der Waals surface area contributed by atoms with Gasteiger partial charge in [0.1, 0.15) is 0 Å². The Morgan fingerprint density at radius 1 is 0.163 bits per heavy atom. The maximum Gasteiger partial charge on any atom is -0.00107 e. The minimum Gasteiger partial charge on any atom is -0.0622 e. The Kier molecular flexibility index (Phi) is 27.3. The van der Waals surface area contributed by atoms with E-state index in [2.05, 4.69) is 385 Å². The van der Waals surface area contributed by atoms with Gasteiger partial charge < -0.3 is 0 Å². The molecule has 13 aromatic rings. The minimum atomic E-state index is 1.11. The lowest BCUT2D eigenvalue weighted by molar-refractivity contribution is 1.21. The quantitative estimate of drug-likeness (QED) is 0.154. The molecular formula is C98H104. The van der Waals surface area contributed by atoms with E-state index >= 15 is 0 Å². The highest BCUT2D eigenvalue weighted by Gasteiger charge is 2.22. The van der Waals surface area contributed by atoms with Gasteiger partial charge in [0.05, 0.1) is 0 Å². The van der Waals surface area contributed by atoms with E-state index in [0.29, 0.717) is 0 Å². The van der Waals surface area contributed by atoms with E-state index in [4.69, 9.17) is 0 Å². The standard InChI is InChI=1S/3C15H14.C14H14.4C8H10.C7H8/c1-10-3-5-14-12(7-10)9-13-8-11(2)4-6-15(13)14;1-10-6-7-12-9-14-11(2)4-3-5-13(14)15(12)8-10;1-10-7-8-11(2)15-13-6-4-3-5-12(13)9-14(10)15;1-11-3-7-13(8-4-11)14-9-5-12(2)6-10-14;2*1-7-3-5-8(2)6-4-7;1-7-4-3-5-8(2)6-7;1-7-5-3-4-6-8(7)2;1-7-5-3-2-4-6-7/h3*3-8H,9H2,1-2H3;3-10H,1-2H3;4*3-6H,1-2H3;2-6H,1H3. The summed E-state index contributed by atoms with van der Waals surface area (Å²) in [6.07, 6.45) is 3.32. The zero-order valence-corrected chi connectivity index (χ0v) is 61.8. The molecule has 0 radical (unpaired) electrons. The second-order valence-corrected chi connectivity index (χ2v) is 27.3. The van der Waals surface area contributed by atoms with Gasteiger partial charge >= 0.3 is 0 Å². The van der Waals surface area contributed by atoms with Crippen LogP contribution in [0.4, 0.5) is 0 Å². The first-order valence-corrected chi connectivity index (χ1v) is 34.9. The molecule has 98 heavy (non-hydrogen) atoms. The summed E-state index contributed by atoms with van der Waals surface area (Å²) in [4.78, 5) is 0. The summed E-state index contributed by atoms with van der Waals surface area (Å²) in [5, 5.41) is 0. The summed E-state index contributed by atoms with van der Waals surface area (Å²) >= 11 is 0. The van der Waals surface area contributed by atoms with E-state index in [0.717, 1.165) is 19.3 Å². The normalized spacial score (nSPS) is 10.8. The largest absolute Gasteiger partial charge is 0.0622 e. The zero-order chi connectivity index (χ0) is 70.3. The number of fused-ring (bicyclic) bond motifs is 9. The first-order valence-electron chi connectivity index (χ1n) is 34.9. The third kappa shape index (κ3) is 21.9. The molecule has 0 unspecified atom stereocenters. The molecule has 496 valence electrons. The van der Waals surface area contributed by atoms with Crippen molar-refractivity contribution in [2.24, 2.45) is 0 Å². The Morgan fingerprint density at radius 3 is 0.939 bits per heavy atom. The number of benzene rings is 13. The molecule has 3 aliphatic rings. The van der Waals surface area contributed by atoms with Crippen LogP contribution in [0.5, 0.6) is 0 Å². The van der Waals surface area contributed by atoms with Crippen LogP contribution < -0.4 is 0 Å². The van der Waals surface area contributed by atoms with E-state index < -0.39 is 0 Å². The Labute approximate surface area is 590 Å². The third-order valence-electron chi connectivity index (χ3n) is 18.3. The molecule has 13 aromatic carbocycles. The fraction of sp³-hybridized carbons (Fsp3) is 0.204. The maximum absolute atomic E-state index is 2.31. The molecule has 0 nitrogen and oxygen atoms in total. The molecule has 0 saturated carbocycles. The smallest absolute Gasteiger partial charge is 0.00107 e. The first-order chi connectivity index (χ1) is 47.1. The molecule has 0 aliphatic heterocycles. The second kappa shape index (κ2) is 36.3. The van der Waals surface area contributed by atoms with Crippen molar-refractivity contribution in [3.05, 3.63) is 413 Å². The summed E-state index contributed by atoms with van der Waals surface area (Å²) in [5.41, 5.74) is 43.2. The molecule has 0 saturated heterocycles. The summed E-state index contributed by atoms with van der Waals surface area (Å²) in [6.45, 7) is 36.2. The molecule has 0 amide bonds. The maximum atomic E-state index is 2.31. The predicted octanol–water partition coefficient (Wildman–Crippen LogP) is 26.8. The Hall–Kier alpha value is -10.1. The van der Waals surface area contributed by atoms with Gasteiger partial charge in [-0.3, -0.25) is 0 Å². The number of aryl methyl sites for hydroxylation is 17. The van der Waals surface area contributed by atoms with Crippen molar-refractivity contribution in [1.82, 2.24) is 0 Å². The van der Waals surface area contributed by atoms with Crippen LogP contribution in [0, 0.1) is 118 Å². The van der Waals surface area contributed by atoms with Crippen LogP contribution in [-0.2, 0) is 19.3 Å². The fourth-order valence-corrected chi connectivity index (χ4v) is 12.3. The molecule has 3 aliphatic carbocycles. The summed E-state index contributed by atoms with van der Waals surface area (Å²) in [6, 6.07) is 101. The zero-order valence-electron chi connectivity index (χ0n) is 61.8. The van der Waals surface area contributed by atoms with E-state index in [9.17, 15) is 0 Å². The van der Waals surface area contributed by atoms with Crippen molar-refractivity contribution in [1.29, 1.82) is 0 Å². The fourth-order valence-electron chi connectivity index (χ4n) is 12.3. The van der Waals surface area contributed by atoms with Crippen LogP contribution in [0.2, 0.25) is 0 Å². The van der Waals surface area contributed by atoms with Crippen molar-refractivity contribution >= 4 is 0 Å². The Morgan fingerprint density at radius 2 is 0.490 bits per heavy atom. The van der Waals surface area contributed by atoms with E-state index in [1.54, 1.807) is 0 Å². The van der Waals surface area contributed by atoms with Crippen LogP contribution in [0.1, 0.15) is 128 Å². The Bertz CT molecular complexity index is 4430. The monoisotopic (exact) mass is 1280 g/mol. The molecule has 0 heteroatoms. The molecule has 0 atom stereocenters. The van der Waals surface area contributed by atoms with Crippen LogP contribution in [0.15, 0.2) is 285 Å². The average Bonchev–Trinajstić information content (AvgIpc) is 1.80. The van der Waals surface area contributed by atoms with Gasteiger partial charge in [0.15, 0.2) is 0 Å². The van der Waals surface area contributed by atoms with Gasteiger partial charge in [-0.05, 0) is 243 Å². The second-order valence-electron chi connectivity index (χ2n) is 27.3. The van der Waals surface area contributed by atoms with Crippen molar-refractivity contribution in [3.8, 4) is 44.5 Å². The lowest BCUT2D eigenvalue weighted by atomic mass is 9.97. The lowest BCUT2D eigenvalue weighted by Crippen LogP contribution is -1.88. The summed E-state index contributed by atoms with van der Waals surface area (Å²) in [5.74, 6) is 0. The van der Waals surface area contributed by atoms with E-state index in [1.807, 2.05) is 18.2 Å². The molecular weight excluding hydrogens is 1180 g/mol. The van der Waals surface area contributed by atoms with Gasteiger partial charge in [-0.1, -0.05) is 352 Å². The lowest BCUT2D eigenvalue weighted by Gasteiger charge is -2.07. The number of rotatable bonds is 1. The molecule has 0 heterocycles. The van der Waals surface area contributed by atoms with Crippen LogP contribution in [0.3, 0.4) is 0 Å². The van der Waals surface area contributed by atoms with Crippen molar-refractivity contribution in [2.45, 2.75) is 137 Å². The van der Waals surface area contributed by atoms with E-state index in [-0.39, 0.29) is 0 Å². The van der Waals surface area contributed by atoms with Crippen LogP contribution in [0.25, 0.3) is 44.5 Å². The van der Waals surface area contributed by atoms with Crippen LogP contribution >= 0.6 is 0 Å². The number of hydrogen-bond donors (Lipinski definition) is 0. The topological polar surface area (TPSA) is 0 Å².